The Morgan fingerprint density at radius 1 is 1.11 bits per heavy atom. The number of nitrogens with one attached hydrogen (secondary N) is 3. The van der Waals surface area contributed by atoms with Gasteiger partial charge in [-0.1, -0.05) is 18.2 Å². The number of anilines is 2. The summed E-state index contributed by atoms with van der Waals surface area (Å²) in [5.41, 5.74) is 5.55. The molecule has 1 atom stereocenters. The molecule has 4 aromatic rings. The second-order valence-corrected chi connectivity index (χ2v) is 9.47. The van der Waals surface area contributed by atoms with Gasteiger partial charge in [0.15, 0.2) is 0 Å². The fourth-order valence-electron chi connectivity index (χ4n) is 4.80. The lowest BCUT2D eigenvalue weighted by molar-refractivity contribution is 0.0986. The smallest absolute Gasteiger partial charge is 0.258 e. The number of nitrogens with zero attached hydrogens (tertiary/aromatic N) is 1. The minimum atomic E-state index is -0.0366. The fourth-order valence-corrected chi connectivity index (χ4v) is 4.80. The van der Waals surface area contributed by atoms with E-state index in [4.69, 9.17) is 9.84 Å². The molecule has 1 unspecified atom stereocenters. The van der Waals surface area contributed by atoms with Crippen LogP contribution in [0.5, 0.6) is 5.75 Å². The summed E-state index contributed by atoms with van der Waals surface area (Å²) < 4.78 is 6.26. The summed E-state index contributed by atoms with van der Waals surface area (Å²) in [6, 6.07) is 22.4. The summed E-state index contributed by atoms with van der Waals surface area (Å²) in [4.78, 5) is 18.9. The molecule has 1 aromatic heterocycles. The van der Waals surface area contributed by atoms with Crippen LogP contribution in [0.2, 0.25) is 0 Å². The normalized spacial score (nSPS) is 15.2. The van der Waals surface area contributed by atoms with E-state index in [1.807, 2.05) is 53.6 Å². The van der Waals surface area contributed by atoms with Crippen LogP contribution in [0.25, 0.3) is 22.0 Å². The molecule has 5 rings (SSSR count). The van der Waals surface area contributed by atoms with Crippen LogP contribution in [-0.4, -0.2) is 54.9 Å². The molecule has 0 saturated carbocycles. The highest BCUT2D eigenvalue weighted by atomic mass is 16.5. The Hall–Kier alpha value is -3.81. The van der Waals surface area contributed by atoms with E-state index in [-0.39, 0.29) is 18.6 Å². The minimum absolute atomic E-state index is 0.0366. The third-order valence-electron chi connectivity index (χ3n) is 6.76. The van der Waals surface area contributed by atoms with Gasteiger partial charge in [0.25, 0.3) is 5.91 Å². The van der Waals surface area contributed by atoms with E-state index >= 15 is 0 Å². The molecule has 0 fully saturated rings. The maximum absolute atomic E-state index is 13.8. The lowest BCUT2D eigenvalue weighted by atomic mass is 10.0. The van der Waals surface area contributed by atoms with Gasteiger partial charge in [-0.3, -0.25) is 4.79 Å². The zero-order valence-corrected chi connectivity index (χ0v) is 21.2. The fraction of sp³-hybridized carbons (Fsp3) is 0.300. The van der Waals surface area contributed by atoms with E-state index in [1.165, 1.54) is 0 Å². The molecular weight excluding hydrogens is 464 g/mol. The number of H-pyrrole nitrogens is 1. The first-order chi connectivity index (χ1) is 18.1. The molecular formula is C30H34N4O3. The predicted molar refractivity (Wildman–Crippen MR) is 150 cm³/mol. The maximum atomic E-state index is 13.8. The quantitative estimate of drug-likeness (QED) is 0.243. The van der Waals surface area contributed by atoms with Crippen molar-refractivity contribution in [3.05, 3.63) is 78.5 Å². The number of carbonyl (C=O) groups excluding carboxylic acids is 1. The maximum Gasteiger partial charge on any atom is 0.258 e. The molecule has 1 amide bonds. The third kappa shape index (κ3) is 5.63. The molecule has 2 heterocycles. The summed E-state index contributed by atoms with van der Waals surface area (Å²) in [5.74, 6) is 0.656. The van der Waals surface area contributed by atoms with Crippen molar-refractivity contribution >= 4 is 28.2 Å². The highest BCUT2D eigenvalue weighted by molar-refractivity contribution is 6.08. The Labute approximate surface area is 217 Å². The van der Waals surface area contributed by atoms with Crippen LogP contribution in [0, 0.1) is 0 Å². The molecule has 1 aliphatic rings. The molecule has 1 aliphatic heterocycles. The van der Waals surface area contributed by atoms with Crippen LogP contribution in [0.15, 0.2) is 72.9 Å². The molecule has 0 radical (unpaired) electrons. The van der Waals surface area contributed by atoms with Gasteiger partial charge in [-0.2, -0.15) is 0 Å². The van der Waals surface area contributed by atoms with Gasteiger partial charge in [0, 0.05) is 42.0 Å². The van der Waals surface area contributed by atoms with Gasteiger partial charge in [-0.05, 0) is 85.8 Å². The van der Waals surface area contributed by atoms with Crippen LogP contribution in [0.1, 0.15) is 30.1 Å². The molecule has 0 spiro atoms. The van der Waals surface area contributed by atoms with Gasteiger partial charge in [0.05, 0.1) is 24.6 Å². The molecule has 0 aliphatic carbocycles. The molecule has 192 valence electrons. The number of aliphatic hydroxyl groups is 1. The molecule has 4 N–H and O–H groups in total. The summed E-state index contributed by atoms with van der Waals surface area (Å²) in [5, 5.41) is 16.8. The first-order valence-electron chi connectivity index (χ1n) is 13.0. The van der Waals surface area contributed by atoms with Crippen molar-refractivity contribution in [1.82, 2.24) is 10.3 Å². The number of fused-ring (bicyclic) bond motifs is 2. The second-order valence-electron chi connectivity index (χ2n) is 9.47. The van der Waals surface area contributed by atoms with E-state index in [1.54, 1.807) is 0 Å². The number of amides is 1. The Kier molecular flexibility index (Phi) is 7.73. The summed E-state index contributed by atoms with van der Waals surface area (Å²) in [6.07, 6.45) is 3.58. The summed E-state index contributed by atoms with van der Waals surface area (Å²) >= 11 is 0. The molecule has 7 heteroatoms. The Morgan fingerprint density at radius 3 is 2.89 bits per heavy atom. The zero-order valence-electron chi connectivity index (χ0n) is 21.2. The predicted octanol–water partition coefficient (Wildman–Crippen LogP) is 5.04. The third-order valence-corrected chi connectivity index (χ3v) is 6.76. The van der Waals surface area contributed by atoms with Crippen molar-refractivity contribution in [3.63, 3.8) is 0 Å². The number of rotatable bonds is 9. The van der Waals surface area contributed by atoms with E-state index in [0.717, 1.165) is 52.8 Å². The van der Waals surface area contributed by atoms with Crippen molar-refractivity contribution in [3.8, 4) is 16.9 Å². The first-order valence-corrected chi connectivity index (χ1v) is 13.0. The number of ether oxygens (including phenoxy) is 1. The average molecular weight is 499 g/mol. The Bertz CT molecular complexity index is 1370. The van der Waals surface area contributed by atoms with E-state index in [2.05, 4.69) is 46.8 Å². The molecule has 7 nitrogen and oxygen atoms in total. The zero-order chi connectivity index (χ0) is 25.6. The lowest BCUT2D eigenvalue weighted by Crippen LogP contribution is -2.32. The monoisotopic (exact) mass is 498 g/mol. The number of para-hydroxylation sites is 2. The SMILES string of the molecule is CC1CCN(C(=O)c2ccc(-c3ccc4[nH]ccc4c3)c(OCCCNCCO)c2)c2ccccc2N1. The topological polar surface area (TPSA) is 89.6 Å². The lowest BCUT2D eigenvalue weighted by Gasteiger charge is -2.23. The van der Waals surface area contributed by atoms with E-state index in [0.29, 0.717) is 31.0 Å². The number of benzene rings is 3. The number of aromatic nitrogens is 1. The van der Waals surface area contributed by atoms with E-state index in [9.17, 15) is 4.79 Å². The largest absolute Gasteiger partial charge is 0.493 e. The van der Waals surface area contributed by atoms with Crippen LogP contribution < -0.4 is 20.3 Å². The molecule has 0 saturated heterocycles. The van der Waals surface area contributed by atoms with Crippen molar-refractivity contribution in [2.75, 3.05) is 43.1 Å². The van der Waals surface area contributed by atoms with Gasteiger partial charge in [-0.25, -0.2) is 0 Å². The van der Waals surface area contributed by atoms with Crippen LogP contribution in [0.3, 0.4) is 0 Å². The van der Waals surface area contributed by atoms with Gasteiger partial charge < -0.3 is 30.4 Å². The average Bonchev–Trinajstić information content (AvgIpc) is 3.32. The van der Waals surface area contributed by atoms with Gasteiger partial charge >= 0.3 is 0 Å². The minimum Gasteiger partial charge on any atom is -0.493 e. The molecule has 3 aromatic carbocycles. The van der Waals surface area contributed by atoms with Crippen molar-refractivity contribution in [2.45, 2.75) is 25.8 Å². The first kappa shape index (κ1) is 24.9. The Balaban J connectivity index is 1.45. The number of hydrogen-bond acceptors (Lipinski definition) is 5. The van der Waals surface area contributed by atoms with Gasteiger partial charge in [0.1, 0.15) is 5.75 Å². The van der Waals surface area contributed by atoms with Crippen LogP contribution >= 0.6 is 0 Å². The molecule has 37 heavy (non-hydrogen) atoms. The van der Waals surface area contributed by atoms with Crippen molar-refractivity contribution < 1.29 is 14.6 Å². The van der Waals surface area contributed by atoms with Gasteiger partial charge in [-0.15, -0.1) is 0 Å². The number of aliphatic hydroxyl groups excluding tert-OH is 1. The van der Waals surface area contributed by atoms with Crippen molar-refractivity contribution in [1.29, 1.82) is 0 Å². The highest BCUT2D eigenvalue weighted by Crippen LogP contribution is 2.35. The number of carbonyl (C=O) groups is 1. The number of aromatic amines is 1. The van der Waals surface area contributed by atoms with Crippen molar-refractivity contribution in [2.24, 2.45) is 0 Å². The highest BCUT2D eigenvalue weighted by Gasteiger charge is 2.25. The second kappa shape index (κ2) is 11.5. The summed E-state index contributed by atoms with van der Waals surface area (Å²) in [7, 11) is 0. The Morgan fingerprint density at radius 2 is 2.00 bits per heavy atom. The molecule has 0 bridgehead atoms. The van der Waals surface area contributed by atoms with E-state index < -0.39 is 0 Å². The number of hydrogen-bond donors (Lipinski definition) is 4. The van der Waals surface area contributed by atoms with Gasteiger partial charge in [0.2, 0.25) is 0 Å². The van der Waals surface area contributed by atoms with Crippen LogP contribution in [0.4, 0.5) is 11.4 Å². The van der Waals surface area contributed by atoms with Crippen LogP contribution in [-0.2, 0) is 0 Å². The standard InChI is InChI=1S/C30H34N4O3/c1-21-12-16-34(28-6-3-2-5-27(28)33-21)30(36)24-7-9-25(22-8-10-26-23(19-22)11-14-32-26)29(20-24)37-18-4-13-31-15-17-35/h2-3,5-11,14,19-21,31-33,35H,4,12-13,15-18H2,1H3. The summed E-state index contributed by atoms with van der Waals surface area (Å²) in [6.45, 7) is 4.72.